The van der Waals surface area contributed by atoms with E-state index in [1.807, 2.05) is 0 Å². The lowest BCUT2D eigenvalue weighted by atomic mass is 9.34. The monoisotopic (exact) mass is 808 g/mol. The molecule has 2 aliphatic heterocycles. The summed E-state index contributed by atoms with van der Waals surface area (Å²) in [4.78, 5) is 0. The standard InChI is InChI=1S/C60H45BO2/c1-59(2,42-19-7-5-8-20-42)44-29-31-52-50(36-44)61-51-37-45(60(3,4)43-21-9-6-10-22-43)30-32-53(51)63-55-35-41(34-54(62-52)58(55)61)57-48-25-15-13-23-46(48)56(47-24-14-16-26-49(47)57)40-28-27-38-17-11-12-18-39(38)33-40/h5-37H,1-4H3. The molecule has 0 bridgehead atoms. The van der Waals surface area contributed by atoms with E-state index in [9.17, 15) is 0 Å². The normalized spacial score (nSPS) is 13.0. The first-order chi connectivity index (χ1) is 30.7. The molecule has 0 saturated heterocycles. The molecule has 0 saturated carbocycles. The third-order valence-electron chi connectivity index (χ3n) is 14.2. The number of rotatable bonds is 6. The topological polar surface area (TPSA) is 18.5 Å². The number of fused-ring (bicyclic) bond motifs is 7. The zero-order valence-electron chi connectivity index (χ0n) is 35.9. The second-order valence-electron chi connectivity index (χ2n) is 18.4. The molecule has 0 fully saturated rings. The zero-order valence-corrected chi connectivity index (χ0v) is 35.9. The molecule has 0 aromatic heterocycles. The summed E-state index contributed by atoms with van der Waals surface area (Å²) >= 11 is 0. The van der Waals surface area contributed by atoms with Crippen LogP contribution in [0.4, 0.5) is 0 Å². The van der Waals surface area contributed by atoms with Gasteiger partial charge in [-0.2, -0.15) is 0 Å². The lowest BCUT2D eigenvalue weighted by Crippen LogP contribution is -2.57. The van der Waals surface area contributed by atoms with Gasteiger partial charge in [-0.05, 0) is 118 Å². The molecule has 0 spiro atoms. The summed E-state index contributed by atoms with van der Waals surface area (Å²) in [5.41, 5.74) is 12.7. The van der Waals surface area contributed by atoms with Gasteiger partial charge in [-0.25, -0.2) is 0 Å². The van der Waals surface area contributed by atoms with Crippen LogP contribution in [0.1, 0.15) is 49.9 Å². The van der Waals surface area contributed by atoms with Crippen LogP contribution in [0, 0.1) is 0 Å². The van der Waals surface area contributed by atoms with Crippen molar-refractivity contribution >= 4 is 55.4 Å². The molecule has 0 amide bonds. The van der Waals surface area contributed by atoms with E-state index in [-0.39, 0.29) is 17.5 Å². The van der Waals surface area contributed by atoms with Gasteiger partial charge < -0.3 is 9.47 Å². The van der Waals surface area contributed by atoms with Gasteiger partial charge in [-0.15, -0.1) is 0 Å². The predicted molar refractivity (Wildman–Crippen MR) is 265 cm³/mol. The Morgan fingerprint density at radius 3 is 1.25 bits per heavy atom. The average molecular weight is 809 g/mol. The largest absolute Gasteiger partial charge is 0.458 e. The van der Waals surface area contributed by atoms with Crippen LogP contribution in [0.25, 0.3) is 54.6 Å². The van der Waals surface area contributed by atoms with E-state index in [1.165, 1.54) is 71.3 Å². The summed E-state index contributed by atoms with van der Waals surface area (Å²) in [6.07, 6.45) is 0. The van der Waals surface area contributed by atoms with E-state index in [1.54, 1.807) is 0 Å². The molecule has 12 rings (SSSR count). The van der Waals surface area contributed by atoms with Crippen LogP contribution in [-0.2, 0) is 10.8 Å². The van der Waals surface area contributed by atoms with E-state index in [0.717, 1.165) is 44.9 Å². The van der Waals surface area contributed by atoms with Crippen LogP contribution in [-0.4, -0.2) is 6.71 Å². The Balaban J connectivity index is 1.08. The maximum Gasteiger partial charge on any atom is 0.260 e. The van der Waals surface area contributed by atoms with E-state index in [2.05, 4.69) is 228 Å². The molecule has 2 aliphatic rings. The minimum atomic E-state index is -0.227. The smallest absolute Gasteiger partial charge is 0.260 e. The Hall–Kier alpha value is -7.36. The number of hydrogen-bond acceptors (Lipinski definition) is 2. The minimum absolute atomic E-state index is 0.0987. The van der Waals surface area contributed by atoms with Crippen molar-refractivity contribution in [1.82, 2.24) is 0 Å². The fourth-order valence-electron chi connectivity index (χ4n) is 10.6. The van der Waals surface area contributed by atoms with Gasteiger partial charge in [0.05, 0.1) is 0 Å². The van der Waals surface area contributed by atoms with Crippen molar-refractivity contribution in [3.05, 3.63) is 222 Å². The van der Waals surface area contributed by atoms with Gasteiger partial charge in [0.1, 0.15) is 23.0 Å². The fourth-order valence-corrected chi connectivity index (χ4v) is 10.6. The molecular weight excluding hydrogens is 763 g/mol. The second kappa shape index (κ2) is 14.1. The van der Waals surface area contributed by atoms with Gasteiger partial charge in [-0.3, -0.25) is 0 Å². The van der Waals surface area contributed by atoms with Crippen molar-refractivity contribution in [2.24, 2.45) is 0 Å². The van der Waals surface area contributed by atoms with Gasteiger partial charge in [-0.1, -0.05) is 198 Å². The third kappa shape index (κ3) is 5.87. The van der Waals surface area contributed by atoms with E-state index >= 15 is 0 Å². The molecule has 0 N–H and O–H groups in total. The highest BCUT2D eigenvalue weighted by Gasteiger charge is 2.42. The first-order valence-corrected chi connectivity index (χ1v) is 22.1. The minimum Gasteiger partial charge on any atom is -0.458 e. The summed E-state index contributed by atoms with van der Waals surface area (Å²) in [5, 5.41) is 7.28. The first kappa shape index (κ1) is 37.4. The highest BCUT2D eigenvalue weighted by Crippen LogP contribution is 2.47. The van der Waals surface area contributed by atoms with Gasteiger partial charge in [0.25, 0.3) is 6.71 Å². The van der Waals surface area contributed by atoms with Crippen molar-refractivity contribution in [1.29, 1.82) is 0 Å². The summed E-state index contributed by atoms with van der Waals surface area (Å²) in [5.74, 6) is 3.43. The van der Waals surface area contributed by atoms with Crippen LogP contribution in [0.5, 0.6) is 23.0 Å². The maximum absolute atomic E-state index is 7.12. The average Bonchev–Trinajstić information content (AvgIpc) is 3.33. The van der Waals surface area contributed by atoms with Crippen molar-refractivity contribution in [3.63, 3.8) is 0 Å². The van der Waals surface area contributed by atoms with Crippen molar-refractivity contribution in [2.45, 2.75) is 38.5 Å². The first-order valence-electron chi connectivity index (χ1n) is 22.1. The van der Waals surface area contributed by atoms with Gasteiger partial charge in [0.15, 0.2) is 0 Å². The lowest BCUT2D eigenvalue weighted by Gasteiger charge is -2.36. The fraction of sp³-hybridized carbons (Fsp3) is 0.100. The molecule has 10 aromatic rings. The predicted octanol–water partition coefficient (Wildman–Crippen LogP) is 13.9. The maximum atomic E-state index is 7.12. The van der Waals surface area contributed by atoms with Gasteiger partial charge in [0.2, 0.25) is 0 Å². The van der Waals surface area contributed by atoms with Crippen LogP contribution in [0.15, 0.2) is 200 Å². The molecule has 10 aromatic carbocycles. The van der Waals surface area contributed by atoms with Crippen molar-refractivity contribution in [3.8, 4) is 45.3 Å². The quantitative estimate of drug-likeness (QED) is 0.123. The van der Waals surface area contributed by atoms with Crippen molar-refractivity contribution < 1.29 is 9.47 Å². The van der Waals surface area contributed by atoms with Crippen LogP contribution in [0.2, 0.25) is 0 Å². The molecule has 0 atom stereocenters. The Kier molecular flexibility index (Phi) is 8.37. The number of hydrogen-bond donors (Lipinski definition) is 0. The number of benzene rings is 10. The highest BCUT2D eigenvalue weighted by atomic mass is 16.5. The van der Waals surface area contributed by atoms with E-state index in [4.69, 9.17) is 9.47 Å². The summed E-state index contributed by atoms with van der Waals surface area (Å²) in [6.45, 7) is 9.17. The second-order valence-corrected chi connectivity index (χ2v) is 18.4. The molecule has 0 radical (unpaired) electrons. The molecule has 0 aliphatic carbocycles. The molecule has 300 valence electrons. The Morgan fingerprint density at radius 2 is 0.762 bits per heavy atom. The Bertz CT molecular complexity index is 3270. The molecule has 63 heavy (non-hydrogen) atoms. The molecule has 3 heteroatoms. The van der Waals surface area contributed by atoms with Crippen LogP contribution >= 0.6 is 0 Å². The zero-order chi connectivity index (χ0) is 42.5. The molecule has 2 heterocycles. The van der Waals surface area contributed by atoms with Crippen LogP contribution < -0.4 is 25.9 Å². The summed E-state index contributed by atoms with van der Waals surface area (Å²) in [7, 11) is 0. The highest BCUT2D eigenvalue weighted by molar-refractivity contribution is 6.98. The molecular formula is C60H45BO2. The van der Waals surface area contributed by atoms with E-state index in [0.29, 0.717) is 0 Å². The third-order valence-corrected chi connectivity index (χ3v) is 14.2. The van der Waals surface area contributed by atoms with Crippen LogP contribution in [0.3, 0.4) is 0 Å². The van der Waals surface area contributed by atoms with Gasteiger partial charge >= 0.3 is 0 Å². The Labute approximate surface area is 369 Å². The lowest BCUT2D eigenvalue weighted by molar-refractivity contribution is 0.464. The molecule has 2 nitrogen and oxygen atoms in total. The van der Waals surface area contributed by atoms with E-state index < -0.39 is 0 Å². The summed E-state index contributed by atoms with van der Waals surface area (Å²) < 4.78 is 14.2. The number of ether oxygens (including phenoxy) is 2. The van der Waals surface area contributed by atoms with Crippen molar-refractivity contribution in [2.75, 3.05) is 0 Å². The summed E-state index contributed by atoms with van der Waals surface area (Å²) in [6, 6.07) is 73.0. The van der Waals surface area contributed by atoms with Gasteiger partial charge in [0, 0.05) is 16.3 Å². The molecule has 0 unspecified atom stereocenters. The SMILES string of the molecule is CC(C)(c1ccccc1)c1ccc2c(c1)B1c3cc(C(C)(C)c4ccccc4)ccc3Oc3cc(-c4c5ccccc5c(-c5ccc6ccccc6c5)c5ccccc45)cc(c31)O2. The Morgan fingerprint density at radius 1 is 0.333 bits per heavy atom.